The normalized spacial score (nSPS) is 25.3. The third-order valence-electron chi connectivity index (χ3n) is 3.19. The minimum atomic E-state index is 0.676. The smallest absolute Gasteiger partial charge is 0.0375 e. The van der Waals surface area contributed by atoms with Gasteiger partial charge in [0, 0.05) is 11.7 Å². The van der Waals surface area contributed by atoms with Crippen LogP contribution >= 0.6 is 0 Å². The van der Waals surface area contributed by atoms with Crippen molar-refractivity contribution >= 4 is 5.69 Å². The van der Waals surface area contributed by atoms with Gasteiger partial charge in [0.05, 0.1) is 0 Å². The van der Waals surface area contributed by atoms with E-state index in [2.05, 4.69) is 43.4 Å². The fourth-order valence-corrected chi connectivity index (χ4v) is 2.34. The van der Waals surface area contributed by atoms with E-state index in [0.29, 0.717) is 6.04 Å². The molecule has 2 atom stereocenters. The summed E-state index contributed by atoms with van der Waals surface area (Å²) in [5.74, 6) is 0.768. The van der Waals surface area contributed by atoms with E-state index in [1.807, 2.05) is 0 Å². The summed E-state index contributed by atoms with van der Waals surface area (Å²) in [4.78, 5) is 0. The number of hydrogen-bond acceptors (Lipinski definition) is 1. The zero-order valence-corrected chi connectivity index (χ0v) is 9.09. The van der Waals surface area contributed by atoms with Crippen LogP contribution in [0.5, 0.6) is 0 Å². The second kappa shape index (κ2) is 4.04. The quantitative estimate of drug-likeness (QED) is 0.751. The Kier molecular flexibility index (Phi) is 2.76. The zero-order valence-electron chi connectivity index (χ0n) is 9.09. The molecule has 1 heterocycles. The molecule has 0 bridgehead atoms. The molecule has 0 fully saturated rings. The Bertz CT molecular complexity index is 306. The second-order valence-electron chi connectivity index (χ2n) is 4.38. The van der Waals surface area contributed by atoms with Crippen LogP contribution in [0.1, 0.15) is 32.3 Å². The van der Waals surface area contributed by atoms with Crippen molar-refractivity contribution in [1.82, 2.24) is 0 Å². The number of nitrogens with one attached hydrogen (secondary N) is 1. The third kappa shape index (κ3) is 1.77. The Labute approximate surface area is 86.5 Å². The largest absolute Gasteiger partial charge is 0.382 e. The predicted octanol–water partition coefficient (Wildman–Crippen LogP) is 3.46. The van der Waals surface area contributed by atoms with Gasteiger partial charge in [-0.05, 0) is 30.4 Å². The van der Waals surface area contributed by atoms with Gasteiger partial charge in [-0.3, -0.25) is 0 Å². The maximum absolute atomic E-state index is 3.65. The van der Waals surface area contributed by atoms with Crippen molar-refractivity contribution in [2.24, 2.45) is 5.92 Å². The molecule has 0 aromatic heterocycles. The topological polar surface area (TPSA) is 12.0 Å². The van der Waals surface area contributed by atoms with Gasteiger partial charge in [-0.1, -0.05) is 38.5 Å². The standard InChI is InChI=1S/C13H19N/c1-3-6-12-10(2)9-11-7-4-5-8-13(11)14-12/h4-5,7-8,10,12,14H,3,6,9H2,1-2H3. The first-order valence-corrected chi connectivity index (χ1v) is 5.65. The molecule has 2 rings (SSSR count). The van der Waals surface area contributed by atoms with Crippen molar-refractivity contribution in [3.63, 3.8) is 0 Å². The van der Waals surface area contributed by atoms with E-state index in [-0.39, 0.29) is 0 Å². The van der Waals surface area contributed by atoms with Crippen molar-refractivity contribution in [2.45, 2.75) is 39.2 Å². The monoisotopic (exact) mass is 189 g/mol. The lowest BCUT2D eigenvalue weighted by Gasteiger charge is -2.32. The average Bonchev–Trinajstić information content (AvgIpc) is 2.19. The summed E-state index contributed by atoms with van der Waals surface area (Å²) in [6.07, 6.45) is 3.79. The van der Waals surface area contributed by atoms with E-state index in [0.717, 1.165) is 5.92 Å². The maximum Gasteiger partial charge on any atom is 0.0375 e. The fraction of sp³-hybridized carbons (Fsp3) is 0.538. The first-order chi connectivity index (χ1) is 6.81. The summed E-state index contributed by atoms with van der Waals surface area (Å²) < 4.78 is 0. The molecule has 0 saturated heterocycles. The molecule has 1 nitrogen and oxygen atoms in total. The molecule has 1 aliphatic heterocycles. The van der Waals surface area contributed by atoms with Crippen LogP contribution in [0.3, 0.4) is 0 Å². The minimum Gasteiger partial charge on any atom is -0.382 e. The summed E-state index contributed by atoms with van der Waals surface area (Å²) in [6, 6.07) is 9.36. The Morgan fingerprint density at radius 2 is 2.14 bits per heavy atom. The highest BCUT2D eigenvalue weighted by molar-refractivity contribution is 5.54. The highest BCUT2D eigenvalue weighted by Gasteiger charge is 2.22. The van der Waals surface area contributed by atoms with Crippen molar-refractivity contribution in [3.8, 4) is 0 Å². The van der Waals surface area contributed by atoms with Gasteiger partial charge in [0.2, 0.25) is 0 Å². The Balaban J connectivity index is 2.18. The first-order valence-electron chi connectivity index (χ1n) is 5.65. The van der Waals surface area contributed by atoms with Crippen LogP contribution in [-0.2, 0) is 6.42 Å². The van der Waals surface area contributed by atoms with E-state index in [1.165, 1.54) is 30.5 Å². The van der Waals surface area contributed by atoms with Crippen molar-refractivity contribution in [1.29, 1.82) is 0 Å². The Morgan fingerprint density at radius 3 is 2.93 bits per heavy atom. The molecule has 1 aromatic carbocycles. The summed E-state index contributed by atoms with van der Waals surface area (Å²) in [7, 11) is 0. The number of rotatable bonds is 2. The van der Waals surface area contributed by atoms with Crippen LogP contribution in [0.15, 0.2) is 24.3 Å². The number of benzene rings is 1. The molecule has 14 heavy (non-hydrogen) atoms. The van der Waals surface area contributed by atoms with Gasteiger partial charge >= 0.3 is 0 Å². The van der Waals surface area contributed by atoms with E-state index in [1.54, 1.807) is 0 Å². The fourth-order valence-electron chi connectivity index (χ4n) is 2.34. The van der Waals surface area contributed by atoms with Crippen LogP contribution in [0.25, 0.3) is 0 Å². The van der Waals surface area contributed by atoms with E-state index >= 15 is 0 Å². The minimum absolute atomic E-state index is 0.676. The molecule has 0 spiro atoms. The molecule has 0 amide bonds. The second-order valence-corrected chi connectivity index (χ2v) is 4.38. The van der Waals surface area contributed by atoms with Crippen LogP contribution in [0.2, 0.25) is 0 Å². The molecule has 0 saturated carbocycles. The summed E-state index contributed by atoms with van der Waals surface area (Å²) >= 11 is 0. The average molecular weight is 189 g/mol. The van der Waals surface area contributed by atoms with Crippen LogP contribution in [0, 0.1) is 5.92 Å². The highest BCUT2D eigenvalue weighted by Crippen LogP contribution is 2.29. The van der Waals surface area contributed by atoms with Crippen molar-refractivity contribution in [3.05, 3.63) is 29.8 Å². The van der Waals surface area contributed by atoms with Gasteiger partial charge in [-0.2, -0.15) is 0 Å². The lowest BCUT2D eigenvalue weighted by molar-refractivity contribution is 0.438. The van der Waals surface area contributed by atoms with Gasteiger partial charge in [0.1, 0.15) is 0 Å². The molecule has 1 heteroatoms. The van der Waals surface area contributed by atoms with Gasteiger partial charge < -0.3 is 5.32 Å². The Morgan fingerprint density at radius 1 is 1.36 bits per heavy atom. The summed E-state index contributed by atoms with van der Waals surface area (Å²) in [5, 5.41) is 3.65. The summed E-state index contributed by atoms with van der Waals surface area (Å²) in [5.41, 5.74) is 2.83. The van der Waals surface area contributed by atoms with E-state index < -0.39 is 0 Å². The molecule has 1 aromatic rings. The van der Waals surface area contributed by atoms with Crippen LogP contribution < -0.4 is 5.32 Å². The van der Waals surface area contributed by atoms with Crippen molar-refractivity contribution in [2.75, 3.05) is 5.32 Å². The SMILES string of the molecule is CCCC1Nc2ccccc2CC1C. The molecule has 1 N–H and O–H groups in total. The predicted molar refractivity (Wildman–Crippen MR) is 61.6 cm³/mol. The molecule has 0 radical (unpaired) electrons. The van der Waals surface area contributed by atoms with E-state index in [9.17, 15) is 0 Å². The lowest BCUT2D eigenvalue weighted by Crippen LogP contribution is -2.33. The molecule has 2 unspecified atom stereocenters. The van der Waals surface area contributed by atoms with Gasteiger partial charge in [0.25, 0.3) is 0 Å². The Hall–Kier alpha value is -0.980. The van der Waals surface area contributed by atoms with E-state index in [4.69, 9.17) is 0 Å². The summed E-state index contributed by atoms with van der Waals surface area (Å²) in [6.45, 7) is 4.61. The first kappa shape index (κ1) is 9.57. The lowest BCUT2D eigenvalue weighted by atomic mass is 9.86. The van der Waals surface area contributed by atoms with Crippen LogP contribution in [-0.4, -0.2) is 6.04 Å². The molecule has 0 aliphatic carbocycles. The number of fused-ring (bicyclic) bond motifs is 1. The maximum atomic E-state index is 3.65. The number of anilines is 1. The van der Waals surface area contributed by atoms with Gasteiger partial charge in [-0.15, -0.1) is 0 Å². The molecular formula is C13H19N. The molecule has 1 aliphatic rings. The van der Waals surface area contributed by atoms with Gasteiger partial charge in [-0.25, -0.2) is 0 Å². The van der Waals surface area contributed by atoms with Gasteiger partial charge in [0.15, 0.2) is 0 Å². The zero-order chi connectivity index (χ0) is 9.97. The van der Waals surface area contributed by atoms with Crippen LogP contribution in [0.4, 0.5) is 5.69 Å². The van der Waals surface area contributed by atoms with Crippen molar-refractivity contribution < 1.29 is 0 Å². The molecule has 76 valence electrons. The number of hydrogen-bond donors (Lipinski definition) is 1. The third-order valence-corrected chi connectivity index (χ3v) is 3.19. The molecular weight excluding hydrogens is 170 g/mol. The highest BCUT2D eigenvalue weighted by atomic mass is 14.9. The number of para-hydroxylation sites is 1.